The third-order valence-corrected chi connectivity index (χ3v) is 5.21. The van der Waals surface area contributed by atoms with Gasteiger partial charge in [0.2, 0.25) is 0 Å². The molecule has 1 aromatic carbocycles. The second-order valence-corrected chi connectivity index (χ2v) is 6.34. The van der Waals surface area contributed by atoms with Crippen molar-refractivity contribution in [2.75, 3.05) is 6.54 Å². The lowest BCUT2D eigenvalue weighted by atomic mass is 9.95. The maximum Gasteiger partial charge on any atom is 0.0456 e. The summed E-state index contributed by atoms with van der Waals surface area (Å²) in [5.41, 5.74) is 2.71. The van der Waals surface area contributed by atoms with Crippen LogP contribution in [0.1, 0.15) is 31.2 Å². The number of aromatic nitrogens is 1. The van der Waals surface area contributed by atoms with Crippen LogP contribution in [0, 0.1) is 11.8 Å². The van der Waals surface area contributed by atoms with E-state index in [4.69, 9.17) is 0 Å². The van der Waals surface area contributed by atoms with Gasteiger partial charge in [0, 0.05) is 23.1 Å². The predicted molar refractivity (Wildman–Crippen MR) is 79.2 cm³/mol. The average Bonchev–Trinajstić information content (AvgIpc) is 3.14. The van der Waals surface area contributed by atoms with Gasteiger partial charge >= 0.3 is 0 Å². The largest absolute Gasteiger partial charge is 0.361 e. The lowest BCUT2D eigenvalue weighted by molar-refractivity contribution is 0.354. The molecule has 2 bridgehead atoms. The van der Waals surface area contributed by atoms with Crippen LogP contribution >= 0.6 is 0 Å². The van der Waals surface area contributed by atoms with E-state index >= 15 is 0 Å². The summed E-state index contributed by atoms with van der Waals surface area (Å²) in [5.74, 6) is 2.02. The number of fused-ring (bicyclic) bond motifs is 3. The maximum atomic E-state index is 3.80. The minimum absolute atomic E-state index is 0.809. The molecule has 4 rings (SSSR count). The van der Waals surface area contributed by atoms with Crippen LogP contribution in [-0.4, -0.2) is 17.6 Å². The zero-order chi connectivity index (χ0) is 12.7. The molecule has 19 heavy (non-hydrogen) atoms. The van der Waals surface area contributed by atoms with E-state index in [1.54, 1.807) is 0 Å². The van der Waals surface area contributed by atoms with Gasteiger partial charge in [-0.1, -0.05) is 24.6 Å². The fourth-order valence-electron chi connectivity index (χ4n) is 4.23. The zero-order valence-corrected chi connectivity index (χ0v) is 11.4. The van der Waals surface area contributed by atoms with Gasteiger partial charge in [-0.3, -0.25) is 0 Å². The van der Waals surface area contributed by atoms with Gasteiger partial charge in [-0.25, -0.2) is 0 Å². The summed E-state index contributed by atoms with van der Waals surface area (Å²) in [6.07, 6.45) is 9.19. The minimum Gasteiger partial charge on any atom is -0.361 e. The molecular formula is C17H22N2. The van der Waals surface area contributed by atoms with Gasteiger partial charge in [-0.05, 0) is 55.7 Å². The van der Waals surface area contributed by atoms with Crippen molar-refractivity contribution in [2.45, 2.75) is 38.1 Å². The fraction of sp³-hybridized carbons (Fsp3) is 0.529. The van der Waals surface area contributed by atoms with Gasteiger partial charge in [0.05, 0.1) is 0 Å². The molecule has 2 saturated carbocycles. The highest BCUT2D eigenvalue weighted by atomic mass is 14.9. The normalized spacial score (nSPS) is 29.4. The summed E-state index contributed by atoms with van der Waals surface area (Å²) in [7, 11) is 0. The Morgan fingerprint density at radius 1 is 1.16 bits per heavy atom. The van der Waals surface area contributed by atoms with E-state index in [2.05, 4.69) is 40.8 Å². The summed E-state index contributed by atoms with van der Waals surface area (Å²) in [6, 6.07) is 9.41. The number of hydrogen-bond acceptors (Lipinski definition) is 1. The van der Waals surface area contributed by atoms with Gasteiger partial charge in [0.1, 0.15) is 0 Å². The van der Waals surface area contributed by atoms with Crippen LogP contribution in [0.25, 0.3) is 10.9 Å². The van der Waals surface area contributed by atoms with Crippen molar-refractivity contribution < 1.29 is 0 Å². The van der Waals surface area contributed by atoms with Crippen molar-refractivity contribution in [1.82, 2.24) is 10.3 Å². The Balaban J connectivity index is 1.37. The molecular weight excluding hydrogens is 232 g/mol. The number of rotatable bonds is 4. The molecule has 0 aliphatic heterocycles. The molecule has 0 amide bonds. The topological polar surface area (TPSA) is 27.8 Å². The van der Waals surface area contributed by atoms with Gasteiger partial charge < -0.3 is 10.3 Å². The van der Waals surface area contributed by atoms with Gasteiger partial charge in [-0.15, -0.1) is 0 Å². The molecule has 1 aromatic heterocycles. The highest BCUT2D eigenvalue weighted by Crippen LogP contribution is 2.44. The van der Waals surface area contributed by atoms with Crippen LogP contribution in [-0.2, 0) is 6.42 Å². The molecule has 0 spiro atoms. The minimum atomic E-state index is 0.809. The SMILES string of the molecule is c1ccc2c(CCN[C@@H]3C[C@H]4CC[C@H]3C4)c[nH]c2c1. The van der Waals surface area contributed by atoms with Crippen LogP contribution in [0.15, 0.2) is 30.5 Å². The molecule has 2 aliphatic carbocycles. The molecule has 0 unspecified atom stereocenters. The molecule has 1 heterocycles. The van der Waals surface area contributed by atoms with E-state index in [1.807, 2.05) is 0 Å². The Morgan fingerprint density at radius 2 is 2.11 bits per heavy atom. The number of H-pyrrole nitrogens is 1. The molecule has 2 heteroatoms. The first-order chi connectivity index (χ1) is 9.40. The Hall–Kier alpha value is -1.28. The van der Waals surface area contributed by atoms with Crippen LogP contribution in [0.3, 0.4) is 0 Å². The quantitative estimate of drug-likeness (QED) is 0.859. The average molecular weight is 254 g/mol. The van der Waals surface area contributed by atoms with E-state index in [0.717, 1.165) is 30.8 Å². The fourth-order valence-corrected chi connectivity index (χ4v) is 4.23. The van der Waals surface area contributed by atoms with Gasteiger partial charge in [-0.2, -0.15) is 0 Å². The Morgan fingerprint density at radius 3 is 2.95 bits per heavy atom. The van der Waals surface area contributed by atoms with E-state index in [-0.39, 0.29) is 0 Å². The third-order valence-electron chi connectivity index (χ3n) is 5.21. The van der Waals surface area contributed by atoms with Crippen LogP contribution < -0.4 is 5.32 Å². The first kappa shape index (κ1) is 11.5. The second kappa shape index (κ2) is 4.68. The molecule has 2 aliphatic rings. The molecule has 0 saturated heterocycles. The molecule has 100 valence electrons. The van der Waals surface area contributed by atoms with E-state index in [0.29, 0.717) is 0 Å². The predicted octanol–water partition coefficient (Wildman–Crippen LogP) is 3.49. The van der Waals surface area contributed by atoms with Crippen molar-refractivity contribution in [1.29, 1.82) is 0 Å². The standard InChI is InChI=1S/C17H22N2/c1-2-4-16-15(3-1)14(11-19-16)7-8-18-17-10-12-5-6-13(17)9-12/h1-4,11-13,17-19H,5-10H2/t12-,13-,17+/m0/s1. The summed E-state index contributed by atoms with van der Waals surface area (Å²) < 4.78 is 0. The number of para-hydroxylation sites is 1. The molecule has 2 fully saturated rings. The van der Waals surface area contributed by atoms with Crippen LogP contribution in [0.2, 0.25) is 0 Å². The highest BCUT2D eigenvalue weighted by Gasteiger charge is 2.38. The smallest absolute Gasteiger partial charge is 0.0456 e. The first-order valence-corrected chi connectivity index (χ1v) is 7.68. The van der Waals surface area contributed by atoms with Crippen molar-refractivity contribution >= 4 is 10.9 Å². The summed E-state index contributed by atoms with van der Waals surface area (Å²) in [5, 5.41) is 5.19. The van der Waals surface area contributed by atoms with Crippen molar-refractivity contribution in [3.8, 4) is 0 Å². The van der Waals surface area contributed by atoms with Gasteiger partial charge in [0.25, 0.3) is 0 Å². The monoisotopic (exact) mass is 254 g/mol. The van der Waals surface area contributed by atoms with Crippen molar-refractivity contribution in [3.05, 3.63) is 36.0 Å². The molecule has 2 N–H and O–H groups in total. The lowest BCUT2D eigenvalue weighted by Crippen LogP contribution is -2.35. The Labute approximate surface area is 114 Å². The molecule has 3 atom stereocenters. The van der Waals surface area contributed by atoms with Crippen LogP contribution in [0.5, 0.6) is 0 Å². The van der Waals surface area contributed by atoms with Crippen molar-refractivity contribution in [3.63, 3.8) is 0 Å². The van der Waals surface area contributed by atoms with Crippen LogP contribution in [0.4, 0.5) is 0 Å². The molecule has 0 radical (unpaired) electrons. The highest BCUT2D eigenvalue weighted by molar-refractivity contribution is 5.83. The Bertz CT molecular complexity index is 571. The number of hydrogen-bond donors (Lipinski definition) is 2. The summed E-state index contributed by atoms with van der Waals surface area (Å²) >= 11 is 0. The third kappa shape index (κ3) is 2.08. The molecule has 2 aromatic rings. The summed E-state index contributed by atoms with van der Waals surface area (Å²) in [6.45, 7) is 1.12. The molecule has 2 nitrogen and oxygen atoms in total. The summed E-state index contributed by atoms with van der Waals surface area (Å²) in [4.78, 5) is 3.37. The Kier molecular flexibility index (Phi) is 2.84. The number of benzene rings is 1. The van der Waals surface area contributed by atoms with Gasteiger partial charge in [0.15, 0.2) is 0 Å². The van der Waals surface area contributed by atoms with E-state index in [1.165, 1.54) is 42.1 Å². The maximum absolute atomic E-state index is 3.80. The van der Waals surface area contributed by atoms with E-state index in [9.17, 15) is 0 Å². The number of aromatic amines is 1. The van der Waals surface area contributed by atoms with Crippen molar-refractivity contribution in [2.24, 2.45) is 11.8 Å². The second-order valence-electron chi connectivity index (χ2n) is 6.34. The lowest BCUT2D eigenvalue weighted by Gasteiger charge is -2.22. The zero-order valence-electron chi connectivity index (χ0n) is 11.4. The number of nitrogens with one attached hydrogen (secondary N) is 2. The first-order valence-electron chi connectivity index (χ1n) is 7.68. The van der Waals surface area contributed by atoms with E-state index < -0.39 is 0 Å².